The van der Waals surface area contributed by atoms with Gasteiger partial charge in [0, 0.05) is 68.5 Å². The fraction of sp³-hybridized carbons (Fsp3) is 0.508. The van der Waals surface area contributed by atoms with Crippen molar-refractivity contribution in [3.63, 3.8) is 0 Å². The van der Waals surface area contributed by atoms with E-state index in [1.165, 1.54) is 0 Å². The number of allylic oxidation sites excluding steroid dienone is 3. The zero-order valence-corrected chi connectivity index (χ0v) is 52.9. The average molecular weight is 1150 g/mol. The van der Waals surface area contributed by atoms with E-state index in [0.717, 1.165) is 22.3 Å². The number of aromatic nitrogens is 8. The molecule has 79 heavy (non-hydrogen) atoms. The number of ether oxygens (including phenoxy) is 4. The first-order valence-electron chi connectivity index (χ1n) is 27.1. The van der Waals surface area contributed by atoms with Crippen LogP contribution in [0.15, 0.2) is 66.2 Å². The van der Waals surface area contributed by atoms with Gasteiger partial charge in [0.2, 0.25) is 0 Å². The molecule has 0 saturated heterocycles. The number of thiol groups is 1. The Bertz CT molecular complexity index is 3380. The van der Waals surface area contributed by atoms with Crippen LogP contribution in [0, 0.1) is 0 Å². The molecule has 3 aromatic carbocycles. The molecule has 0 atom stereocenters. The SMILES string of the molecule is CC.CC(C)(O)CCOc1cccc2c3nc4nc(nc5[n-]c(nc6nc(nc([n-]3)c12)C1=CCCC(C(C)(C)OCCC(C)(C)O)=C16)c1cccc(OCCC(C)(C)O)c51)-c1cccc(C(C)(C)OCCC(C)(C)O)c1-4.CS.[Zn+2]. The van der Waals surface area contributed by atoms with Gasteiger partial charge in [0.1, 0.15) is 11.5 Å². The minimum absolute atomic E-state index is 0. The van der Waals surface area contributed by atoms with Gasteiger partial charge < -0.3 is 69.3 Å². The summed E-state index contributed by atoms with van der Waals surface area (Å²) in [6.45, 7) is 27.1. The molecule has 0 radical (unpaired) electrons. The summed E-state index contributed by atoms with van der Waals surface area (Å²) in [5.74, 6) is 2.47. The van der Waals surface area contributed by atoms with Crippen LogP contribution in [0.4, 0.5) is 0 Å². The Labute approximate surface area is 483 Å². The predicted molar refractivity (Wildman–Crippen MR) is 314 cm³/mol. The Morgan fingerprint density at radius 1 is 0.506 bits per heavy atom. The van der Waals surface area contributed by atoms with Gasteiger partial charge in [0.25, 0.3) is 0 Å². The smallest absolute Gasteiger partial charge is 0.493 e. The van der Waals surface area contributed by atoms with Crippen molar-refractivity contribution in [1.29, 1.82) is 0 Å². The van der Waals surface area contributed by atoms with Gasteiger partial charge in [-0.05, 0) is 149 Å². The minimum Gasteiger partial charge on any atom is -0.493 e. The molecule has 8 bridgehead atoms. The molecular formula is C61H80N8O8SZn. The zero-order chi connectivity index (χ0) is 57.2. The molecule has 2 aliphatic heterocycles. The van der Waals surface area contributed by atoms with Gasteiger partial charge in [0.15, 0.2) is 0 Å². The summed E-state index contributed by atoms with van der Waals surface area (Å²) in [7, 11) is 0. The van der Waals surface area contributed by atoms with Crippen molar-refractivity contribution in [3.05, 3.63) is 83.5 Å². The first-order chi connectivity index (χ1) is 36.6. The van der Waals surface area contributed by atoms with Crippen molar-refractivity contribution >= 4 is 67.9 Å². The molecule has 5 heterocycles. The molecule has 1 aliphatic carbocycles. The molecule has 6 aromatic rings. The van der Waals surface area contributed by atoms with E-state index in [9.17, 15) is 20.4 Å². The molecule has 0 unspecified atom stereocenters. The van der Waals surface area contributed by atoms with E-state index in [4.69, 9.17) is 58.8 Å². The number of nitrogens with zero attached hydrogens (tertiary/aromatic N) is 8. The third-order valence-corrected chi connectivity index (χ3v) is 13.7. The van der Waals surface area contributed by atoms with Gasteiger partial charge in [-0.1, -0.05) is 62.4 Å². The third kappa shape index (κ3) is 14.9. The second-order valence-corrected chi connectivity index (χ2v) is 23.2. The van der Waals surface area contributed by atoms with Gasteiger partial charge >= 0.3 is 19.5 Å². The largest absolute Gasteiger partial charge is 2.00 e. The van der Waals surface area contributed by atoms with Crippen molar-refractivity contribution in [3.8, 4) is 34.3 Å². The molecule has 0 fully saturated rings. The van der Waals surface area contributed by atoms with Crippen molar-refractivity contribution in [2.24, 2.45) is 0 Å². The van der Waals surface area contributed by atoms with E-state index in [1.807, 2.05) is 96.1 Å². The van der Waals surface area contributed by atoms with E-state index in [2.05, 4.69) is 18.7 Å². The van der Waals surface area contributed by atoms with Crippen LogP contribution in [0.5, 0.6) is 11.5 Å². The molecule has 4 N–H and O–H groups in total. The Balaban J connectivity index is 0.00000197. The van der Waals surface area contributed by atoms with Gasteiger partial charge in [-0.25, -0.2) is 9.97 Å². The maximum Gasteiger partial charge on any atom is 2.00 e. The topological polar surface area (TPSA) is 223 Å². The van der Waals surface area contributed by atoms with Crippen LogP contribution in [-0.2, 0) is 34.6 Å². The maximum atomic E-state index is 10.7. The Morgan fingerprint density at radius 3 is 1.44 bits per heavy atom. The zero-order valence-electron chi connectivity index (χ0n) is 49.0. The Hall–Kier alpha value is -5.17. The van der Waals surface area contributed by atoms with E-state index in [1.54, 1.807) is 61.6 Å². The standard InChI is InChI=1S/C58H70N8O8.C2H6.CH4S.Zn/c1-53(2,67)25-29-71-39-23-15-19-35-43(39)51-63-45-33-17-13-21-37(57(9,10)73-31-27-55(5,6)69)41(33)50(59-45)62-48-36-20-16-24-40(72-30-26-54(3,4)68)44(36)52(66-48)64-46-34-18-14-22-38(42(34)49(60-46)61-47(35)65-51)58(11,12)74-32-28-56(7,8)70;2*1-2;/h13,15-21,23-24,67-70H,14,22,25-32H2,1-12H3;1-2H3;2H,1H3;/q-2;;;+2. The van der Waals surface area contributed by atoms with Gasteiger partial charge in [-0.15, -0.1) is 0 Å². The fourth-order valence-electron chi connectivity index (χ4n) is 9.46. The van der Waals surface area contributed by atoms with E-state index in [-0.39, 0.29) is 39.3 Å². The Morgan fingerprint density at radius 2 is 0.937 bits per heavy atom. The predicted octanol–water partition coefficient (Wildman–Crippen LogP) is 11.4. The second kappa shape index (κ2) is 24.9. The maximum absolute atomic E-state index is 10.7. The van der Waals surface area contributed by atoms with Crippen molar-refractivity contribution in [2.45, 2.75) is 169 Å². The van der Waals surface area contributed by atoms with Gasteiger partial charge in [-0.3, -0.25) is 0 Å². The van der Waals surface area contributed by atoms with E-state index < -0.39 is 33.6 Å². The number of benzene rings is 3. The monoisotopic (exact) mass is 1150 g/mol. The molecule has 0 saturated carbocycles. The van der Waals surface area contributed by atoms with Crippen LogP contribution in [0.3, 0.4) is 0 Å². The normalized spacial score (nSPS) is 13.9. The summed E-state index contributed by atoms with van der Waals surface area (Å²) < 4.78 is 26.1. The third-order valence-electron chi connectivity index (χ3n) is 13.7. The van der Waals surface area contributed by atoms with Crippen LogP contribution in [0.1, 0.15) is 153 Å². The first-order valence-corrected chi connectivity index (χ1v) is 28.0. The van der Waals surface area contributed by atoms with Crippen LogP contribution in [-0.4, -0.2) is 111 Å². The summed E-state index contributed by atoms with van der Waals surface area (Å²) in [4.78, 5) is 42.1. The van der Waals surface area contributed by atoms with Gasteiger partial charge in [-0.2, -0.15) is 12.6 Å². The summed E-state index contributed by atoms with van der Waals surface area (Å²) in [6, 6.07) is 17.3. The average Bonchev–Trinajstić information content (AvgIpc) is 4.14. The van der Waals surface area contributed by atoms with Crippen molar-refractivity contribution in [2.75, 3.05) is 32.7 Å². The summed E-state index contributed by atoms with van der Waals surface area (Å²) in [5, 5.41) is 45.1. The van der Waals surface area contributed by atoms with Crippen LogP contribution < -0.4 is 19.4 Å². The number of fused-ring (bicyclic) bond motifs is 20. The second-order valence-electron chi connectivity index (χ2n) is 23.2. The molecule has 18 heteroatoms. The molecular weight excluding hydrogens is 1070 g/mol. The Kier molecular flexibility index (Phi) is 19.9. The first kappa shape index (κ1) is 63.0. The number of hydrogen-bond acceptors (Lipinski definition) is 15. The molecule has 3 aromatic heterocycles. The summed E-state index contributed by atoms with van der Waals surface area (Å²) in [6.07, 6.45) is 6.75. The fourth-order valence-corrected chi connectivity index (χ4v) is 9.46. The quantitative estimate of drug-likeness (QED) is 0.0398. The number of aliphatic hydroxyl groups is 4. The van der Waals surface area contributed by atoms with E-state index >= 15 is 0 Å². The van der Waals surface area contributed by atoms with Crippen LogP contribution in [0.2, 0.25) is 0 Å². The molecule has 3 aliphatic rings. The molecule has 16 nitrogen and oxygen atoms in total. The molecule has 420 valence electrons. The number of hydrogen-bond donors (Lipinski definition) is 5. The van der Waals surface area contributed by atoms with Crippen LogP contribution >= 0.6 is 12.6 Å². The van der Waals surface area contributed by atoms with Crippen molar-refractivity contribution in [1.82, 2.24) is 39.9 Å². The van der Waals surface area contributed by atoms with Crippen molar-refractivity contribution < 1.29 is 58.9 Å². The number of rotatable bonds is 18. The molecule has 0 amide bonds. The molecule has 9 rings (SSSR count). The van der Waals surface area contributed by atoms with E-state index in [0.29, 0.717) is 135 Å². The van der Waals surface area contributed by atoms with Gasteiger partial charge in [0.05, 0.1) is 83.3 Å². The minimum atomic E-state index is -0.965. The summed E-state index contributed by atoms with van der Waals surface area (Å²) in [5.41, 5.74) is 0.552. The van der Waals surface area contributed by atoms with Crippen LogP contribution in [0.25, 0.3) is 78.1 Å². The summed E-state index contributed by atoms with van der Waals surface area (Å²) >= 11 is 3.53. The molecule has 0 spiro atoms.